The zero-order valence-electron chi connectivity index (χ0n) is 33.9. The second kappa shape index (κ2) is 20.3. The highest BCUT2D eigenvalue weighted by Crippen LogP contribution is 2.67. The lowest BCUT2D eigenvalue weighted by Gasteiger charge is -2.58. The van der Waals surface area contributed by atoms with E-state index in [9.17, 15) is 4.79 Å². The first-order chi connectivity index (χ1) is 23.6. The predicted octanol–water partition coefficient (Wildman–Crippen LogP) is 14.8. The van der Waals surface area contributed by atoms with Crippen LogP contribution in [0.25, 0.3) is 0 Å². The molecule has 2 nitrogen and oxygen atoms in total. The number of ether oxygens (including phenoxy) is 1. The lowest BCUT2D eigenvalue weighted by molar-refractivity contribution is -0.151. The van der Waals surface area contributed by atoms with E-state index < -0.39 is 0 Å². The molecular weight excluding hydrogens is 597 g/mol. The van der Waals surface area contributed by atoms with Crippen LogP contribution in [0.3, 0.4) is 0 Å². The van der Waals surface area contributed by atoms with Crippen LogP contribution in [0.2, 0.25) is 0 Å². The molecule has 0 heterocycles. The summed E-state index contributed by atoms with van der Waals surface area (Å²) in [7, 11) is 0. The van der Waals surface area contributed by atoms with Crippen LogP contribution in [0.4, 0.5) is 0 Å². The van der Waals surface area contributed by atoms with Crippen LogP contribution in [0.5, 0.6) is 0 Å². The summed E-state index contributed by atoms with van der Waals surface area (Å²) in [6, 6.07) is 0. The molecule has 0 N–H and O–H groups in total. The molecule has 4 aliphatic carbocycles. The van der Waals surface area contributed by atoms with Gasteiger partial charge in [-0.2, -0.15) is 0 Å². The van der Waals surface area contributed by atoms with Crippen molar-refractivity contribution in [1.82, 2.24) is 0 Å². The van der Waals surface area contributed by atoms with Gasteiger partial charge in [0.05, 0.1) is 0 Å². The van der Waals surface area contributed by atoms with Gasteiger partial charge in [-0.25, -0.2) is 0 Å². The van der Waals surface area contributed by atoms with E-state index in [1.54, 1.807) is 11.1 Å². The maximum absolute atomic E-state index is 12.8. The molecule has 3 fully saturated rings. The minimum Gasteiger partial charge on any atom is -0.462 e. The standard InChI is InChI=1S/C47H82O2/c1-8-10-11-12-13-14-15-16-17-18-19-20-21-22-23-24-45(48)49-40-31-33-46(6)39(35-40)27-28-41-43-30-29-42(47(43,7)34-32-44(41)46)37(5)25-26-38(9-2)36(3)4/h9,27,36-37,40-44H,8,10-26,28-35H2,1-7H3/b38-9+/t37-,40+,41+,42-,43+,44+,46+,47-/m1/s1. The molecular formula is C47H82O2. The summed E-state index contributed by atoms with van der Waals surface area (Å²) in [6.07, 6.45) is 39.0. The van der Waals surface area contributed by atoms with Crippen LogP contribution in [-0.4, -0.2) is 12.1 Å². The Hall–Kier alpha value is -1.05. The smallest absolute Gasteiger partial charge is 0.306 e. The maximum Gasteiger partial charge on any atom is 0.306 e. The Labute approximate surface area is 305 Å². The molecule has 3 saturated carbocycles. The van der Waals surface area contributed by atoms with Gasteiger partial charge in [0.15, 0.2) is 0 Å². The molecule has 0 aromatic carbocycles. The summed E-state index contributed by atoms with van der Waals surface area (Å²) in [4.78, 5) is 12.8. The molecule has 4 aliphatic rings. The quantitative estimate of drug-likeness (QED) is 0.0647. The summed E-state index contributed by atoms with van der Waals surface area (Å²) >= 11 is 0. The number of esters is 1. The number of fused-ring (bicyclic) bond motifs is 5. The van der Waals surface area contributed by atoms with Crippen molar-refractivity contribution in [3.8, 4) is 0 Å². The van der Waals surface area contributed by atoms with Crippen LogP contribution < -0.4 is 0 Å². The van der Waals surface area contributed by atoms with Crippen molar-refractivity contribution in [1.29, 1.82) is 0 Å². The summed E-state index contributed by atoms with van der Waals surface area (Å²) in [5.41, 5.74) is 4.14. The van der Waals surface area contributed by atoms with Gasteiger partial charge in [-0.05, 0) is 117 Å². The first-order valence-electron chi connectivity index (χ1n) is 22.2. The Balaban J connectivity index is 1.12. The Kier molecular flexibility index (Phi) is 16.8. The Bertz CT molecular complexity index is 1040. The summed E-state index contributed by atoms with van der Waals surface area (Å²) in [5.74, 6) is 5.03. The molecule has 0 spiro atoms. The van der Waals surface area contributed by atoms with Crippen LogP contribution in [0.1, 0.15) is 215 Å². The molecule has 2 heteroatoms. The number of unbranched alkanes of at least 4 members (excludes halogenated alkanes) is 14. The lowest BCUT2D eigenvalue weighted by atomic mass is 9.47. The second-order valence-electron chi connectivity index (χ2n) is 18.6. The molecule has 0 aromatic heterocycles. The Morgan fingerprint density at radius 1 is 0.796 bits per heavy atom. The first-order valence-corrected chi connectivity index (χ1v) is 22.2. The van der Waals surface area contributed by atoms with Gasteiger partial charge in [-0.3, -0.25) is 4.79 Å². The first kappa shape index (κ1) is 40.7. The van der Waals surface area contributed by atoms with E-state index >= 15 is 0 Å². The van der Waals surface area contributed by atoms with Gasteiger partial charge in [-0.15, -0.1) is 0 Å². The number of rotatable bonds is 22. The molecule has 0 bridgehead atoms. The van der Waals surface area contributed by atoms with E-state index in [4.69, 9.17) is 4.74 Å². The fraction of sp³-hybridized carbons (Fsp3) is 0.894. The molecule has 0 aliphatic heterocycles. The predicted molar refractivity (Wildman–Crippen MR) is 212 cm³/mol. The molecule has 8 atom stereocenters. The third-order valence-corrected chi connectivity index (χ3v) is 15.1. The van der Waals surface area contributed by atoms with Gasteiger partial charge >= 0.3 is 5.97 Å². The van der Waals surface area contributed by atoms with E-state index in [1.807, 2.05) is 0 Å². The number of hydrogen-bond acceptors (Lipinski definition) is 2. The van der Waals surface area contributed by atoms with Gasteiger partial charge < -0.3 is 4.74 Å². The molecule has 0 amide bonds. The fourth-order valence-electron chi connectivity index (χ4n) is 12.0. The minimum atomic E-state index is 0.0621. The van der Waals surface area contributed by atoms with Crippen LogP contribution in [-0.2, 0) is 9.53 Å². The van der Waals surface area contributed by atoms with E-state index in [1.165, 1.54) is 141 Å². The van der Waals surface area contributed by atoms with Crippen molar-refractivity contribution in [3.05, 3.63) is 23.3 Å². The number of hydrogen-bond donors (Lipinski definition) is 0. The molecule has 4 rings (SSSR count). The molecule has 49 heavy (non-hydrogen) atoms. The third-order valence-electron chi connectivity index (χ3n) is 15.1. The van der Waals surface area contributed by atoms with Gasteiger partial charge in [-0.1, -0.05) is 155 Å². The Morgan fingerprint density at radius 3 is 2.00 bits per heavy atom. The van der Waals surface area contributed by atoms with Crippen molar-refractivity contribution in [3.63, 3.8) is 0 Å². The van der Waals surface area contributed by atoms with Crippen LogP contribution in [0, 0.1) is 46.3 Å². The molecule has 0 unspecified atom stereocenters. The summed E-state index contributed by atoms with van der Waals surface area (Å²) < 4.78 is 6.15. The highest BCUT2D eigenvalue weighted by atomic mass is 16.5. The van der Waals surface area contributed by atoms with E-state index in [-0.39, 0.29) is 12.1 Å². The van der Waals surface area contributed by atoms with E-state index in [0.29, 0.717) is 23.2 Å². The van der Waals surface area contributed by atoms with Crippen LogP contribution >= 0.6 is 0 Å². The van der Waals surface area contributed by atoms with E-state index in [0.717, 1.165) is 48.9 Å². The SMILES string of the molecule is C/C=C(\CC[C@@H](C)[C@H]1CC[C@H]2[C@@H]3CC=C4C[C@@H](OC(=O)CCCCCCCCCCCCCCCCC)CC[C@]4(C)[C@H]3CC[C@]12C)C(C)C. The monoisotopic (exact) mass is 679 g/mol. The van der Waals surface area contributed by atoms with Crippen molar-refractivity contribution >= 4 is 5.97 Å². The van der Waals surface area contributed by atoms with Gasteiger partial charge in [0.2, 0.25) is 0 Å². The highest BCUT2D eigenvalue weighted by molar-refractivity contribution is 5.69. The zero-order valence-corrected chi connectivity index (χ0v) is 33.9. The van der Waals surface area contributed by atoms with Crippen molar-refractivity contribution in [2.45, 2.75) is 222 Å². The largest absolute Gasteiger partial charge is 0.462 e. The van der Waals surface area contributed by atoms with Crippen LogP contribution in [0.15, 0.2) is 23.3 Å². The summed E-state index contributed by atoms with van der Waals surface area (Å²) in [5, 5.41) is 0. The average Bonchev–Trinajstić information content (AvgIpc) is 3.44. The number of carbonyl (C=O) groups is 1. The number of carbonyl (C=O) groups excluding carboxylic acids is 1. The molecule has 282 valence electrons. The number of allylic oxidation sites excluding steroid dienone is 3. The topological polar surface area (TPSA) is 26.3 Å². The minimum absolute atomic E-state index is 0.0621. The maximum atomic E-state index is 12.8. The molecule has 0 radical (unpaired) electrons. The van der Waals surface area contributed by atoms with Gasteiger partial charge in [0, 0.05) is 12.8 Å². The zero-order chi connectivity index (χ0) is 35.3. The fourth-order valence-corrected chi connectivity index (χ4v) is 12.0. The average molecular weight is 679 g/mol. The highest BCUT2D eigenvalue weighted by Gasteiger charge is 2.59. The van der Waals surface area contributed by atoms with Gasteiger partial charge in [0.25, 0.3) is 0 Å². The second-order valence-corrected chi connectivity index (χ2v) is 18.6. The summed E-state index contributed by atoms with van der Waals surface area (Å²) in [6.45, 7) is 17.1. The normalized spacial score (nSPS) is 32.0. The molecule has 0 aromatic rings. The van der Waals surface area contributed by atoms with Crippen molar-refractivity contribution < 1.29 is 9.53 Å². The van der Waals surface area contributed by atoms with Crippen molar-refractivity contribution in [2.24, 2.45) is 46.3 Å². The van der Waals surface area contributed by atoms with Crippen molar-refractivity contribution in [2.75, 3.05) is 0 Å². The van der Waals surface area contributed by atoms with Gasteiger partial charge in [0.1, 0.15) is 6.10 Å². The third kappa shape index (κ3) is 11.0. The van der Waals surface area contributed by atoms with E-state index in [2.05, 4.69) is 60.6 Å². The molecule has 0 saturated heterocycles. The Morgan fingerprint density at radius 2 is 1.41 bits per heavy atom. The lowest BCUT2D eigenvalue weighted by Crippen LogP contribution is -2.51.